The number of carbonyl (C=O) groups excluding carboxylic acids is 1. The Morgan fingerprint density at radius 3 is 2.29 bits per heavy atom. The lowest BCUT2D eigenvalue weighted by molar-refractivity contribution is -0.143. The number of aromatic nitrogens is 5. The maximum Gasteiger partial charge on any atom is 0.470 e. The molecule has 378 valence electrons. The fourth-order valence-electron chi connectivity index (χ4n) is 7.91. The molecule has 2 unspecified atom stereocenters. The molecule has 7 rings (SSSR count). The zero-order chi connectivity index (χ0) is 51.8. The Bertz CT molecular complexity index is 3170. The molecule has 2 aliphatic rings. The van der Waals surface area contributed by atoms with Crippen LogP contribution in [0.15, 0.2) is 42.5 Å². The van der Waals surface area contributed by atoms with Gasteiger partial charge in [0.05, 0.1) is 34.5 Å². The van der Waals surface area contributed by atoms with Crippen LogP contribution < -0.4 is 5.32 Å². The normalized spacial score (nSPS) is 17.8. The molecular weight excluding hydrogens is 1040 g/mol. The van der Waals surface area contributed by atoms with E-state index in [0.29, 0.717) is 15.1 Å². The number of amides is 1. The van der Waals surface area contributed by atoms with Crippen LogP contribution in [0.2, 0.25) is 5.02 Å². The molecule has 3 aromatic heterocycles. The number of alkyl halides is 8. The van der Waals surface area contributed by atoms with E-state index in [4.69, 9.17) is 11.6 Å². The molecule has 70 heavy (non-hydrogen) atoms. The highest BCUT2D eigenvalue weighted by Gasteiger charge is 2.68. The molecule has 3 heterocycles. The summed E-state index contributed by atoms with van der Waals surface area (Å²) in [4.78, 5) is 37.0. The van der Waals surface area contributed by atoms with Gasteiger partial charge in [-0.15, -0.1) is 0 Å². The number of fused-ring (bicyclic) bond motifs is 4. The van der Waals surface area contributed by atoms with Crippen molar-refractivity contribution >= 4 is 57.3 Å². The smallest absolute Gasteiger partial charge is 0.346 e. The van der Waals surface area contributed by atoms with Crippen molar-refractivity contribution in [3.63, 3.8) is 0 Å². The topological polar surface area (TPSA) is 219 Å². The average molecular weight is 1080 g/mol. The molecule has 5 aromatic rings. The summed E-state index contributed by atoms with van der Waals surface area (Å²) >= 11 is 3.44. The predicted molar refractivity (Wildman–Crippen MR) is 227 cm³/mol. The van der Waals surface area contributed by atoms with E-state index in [1.807, 2.05) is 0 Å². The summed E-state index contributed by atoms with van der Waals surface area (Å²) < 4.78 is 208. The Labute approximate surface area is 396 Å². The summed E-state index contributed by atoms with van der Waals surface area (Å²) in [5.74, 6) is -5.05. The number of benzene rings is 2. The molecule has 0 radical (unpaired) electrons. The SMILES string of the molecule is CC(C)(C#Cc1ccc(-c2ccc(Cl)c3c(CN(COP(=O)(O)O)S(=O)O)nn(CC(F)(F)F)c23)c(C(Cc2cc(F)cc(F)c2)NC(=O)Cn2nc(C(F)(F)F)c3c2C(F)(F)[C@@H]2C[C@H]32)n1)S(C)(=O)=O. The highest BCUT2D eigenvalue weighted by Crippen LogP contribution is 2.68. The van der Waals surface area contributed by atoms with Crippen LogP contribution in [-0.2, 0) is 73.1 Å². The van der Waals surface area contributed by atoms with Crippen molar-refractivity contribution in [3.8, 4) is 23.0 Å². The highest BCUT2D eigenvalue weighted by molar-refractivity contribution is 7.92. The van der Waals surface area contributed by atoms with Crippen LogP contribution >= 0.6 is 19.4 Å². The summed E-state index contributed by atoms with van der Waals surface area (Å²) in [6.07, 6.45) is -10.4. The summed E-state index contributed by atoms with van der Waals surface area (Å²) in [7, 11) is -9.20. The quantitative estimate of drug-likeness (QED) is 0.0267. The van der Waals surface area contributed by atoms with Crippen molar-refractivity contribution in [1.82, 2.24) is 34.2 Å². The van der Waals surface area contributed by atoms with Gasteiger partial charge in [-0.05, 0) is 74.4 Å². The van der Waals surface area contributed by atoms with Gasteiger partial charge in [0, 0.05) is 40.3 Å². The second-order valence-electron chi connectivity index (χ2n) is 16.8. The van der Waals surface area contributed by atoms with Crippen molar-refractivity contribution < 1.29 is 84.8 Å². The largest absolute Gasteiger partial charge is 0.470 e. The molecule has 4 N–H and O–H groups in total. The summed E-state index contributed by atoms with van der Waals surface area (Å²) in [5, 5.41) is 9.05. The van der Waals surface area contributed by atoms with Crippen LogP contribution in [0.3, 0.4) is 0 Å². The van der Waals surface area contributed by atoms with E-state index >= 15 is 8.78 Å². The number of phosphoric acid groups is 1. The fourth-order valence-corrected chi connectivity index (χ4v) is 9.16. The zero-order valence-corrected chi connectivity index (χ0v) is 39.2. The minimum absolute atomic E-state index is 0.190. The number of pyridine rings is 1. The van der Waals surface area contributed by atoms with Gasteiger partial charge in [0.2, 0.25) is 17.2 Å². The van der Waals surface area contributed by atoms with Gasteiger partial charge >= 0.3 is 20.2 Å². The number of halogens is 11. The predicted octanol–water partition coefficient (Wildman–Crippen LogP) is 7.30. The van der Waals surface area contributed by atoms with Crippen LogP contribution in [0, 0.1) is 29.4 Å². The Balaban J connectivity index is 1.45. The first-order chi connectivity index (χ1) is 32.1. The van der Waals surface area contributed by atoms with Crippen LogP contribution in [0.1, 0.15) is 71.8 Å². The number of sulfone groups is 1. The lowest BCUT2D eigenvalue weighted by Gasteiger charge is -2.23. The number of hydrogen-bond acceptors (Lipinski definition) is 9. The Kier molecular flexibility index (Phi) is 14.0. The number of nitrogens with zero attached hydrogens (tertiary/aromatic N) is 6. The number of nitrogens with one attached hydrogen (secondary N) is 1. The van der Waals surface area contributed by atoms with E-state index in [0.717, 1.165) is 36.6 Å². The van der Waals surface area contributed by atoms with E-state index in [9.17, 15) is 71.4 Å². The van der Waals surface area contributed by atoms with Crippen molar-refractivity contribution in [2.75, 3.05) is 13.0 Å². The molecule has 2 aromatic carbocycles. The average Bonchev–Trinajstić information content (AvgIpc) is 3.72. The summed E-state index contributed by atoms with van der Waals surface area (Å²) in [6.45, 7) is -2.95. The third kappa shape index (κ3) is 11.2. The number of carbonyl (C=O) groups is 1. The molecule has 2 aliphatic carbocycles. The van der Waals surface area contributed by atoms with Gasteiger partial charge in [-0.3, -0.25) is 23.2 Å². The third-order valence-corrected chi connectivity index (χ3v) is 14.7. The standard InChI is InChI=1S/C40H35ClF10N7O9PS2/c1-37(2,70(3,65)66)9-8-22-4-5-23(24-6-7-27(41)32-29(54-58(34(24)32)17-38(44,45)46)15-56(69(63)64)18-67-68(60,61)62)33(52-22)28(12-19-10-20(42)13-21(43)11-19)53-30(59)16-57-36-31(35(55-57)40(49,50)51)25-14-26(25)39(36,47)48/h4-7,10-11,13,25-26,28H,12,14-18H2,1-3H3,(H,53,59)(H,63,64)(H2,60,61,62)/t25-,26+,28?/m0/s1. The van der Waals surface area contributed by atoms with Crippen LogP contribution in [0.25, 0.3) is 22.0 Å². The molecular formula is C40H35ClF10N7O9PS2. The molecule has 1 fully saturated rings. The first-order valence-corrected chi connectivity index (χ1v) is 24.9. The maximum atomic E-state index is 15.5. The Hall–Kier alpha value is -4.98. The van der Waals surface area contributed by atoms with E-state index in [2.05, 4.69) is 36.9 Å². The second-order valence-corrected chi connectivity index (χ2v) is 21.9. The van der Waals surface area contributed by atoms with Crippen molar-refractivity contribution in [3.05, 3.63) is 98.7 Å². The molecule has 0 spiro atoms. The van der Waals surface area contributed by atoms with Crippen molar-refractivity contribution in [1.29, 1.82) is 0 Å². The van der Waals surface area contributed by atoms with Crippen molar-refractivity contribution in [2.24, 2.45) is 5.92 Å². The maximum absolute atomic E-state index is 15.5. The summed E-state index contributed by atoms with van der Waals surface area (Å²) in [6, 6.07) is 4.92. The molecule has 1 amide bonds. The summed E-state index contributed by atoms with van der Waals surface area (Å²) in [5.41, 5.74) is -6.08. The van der Waals surface area contributed by atoms with Gasteiger partial charge in [-0.2, -0.15) is 49.6 Å². The number of phosphoric ester groups is 1. The lowest BCUT2D eigenvalue weighted by Crippen LogP contribution is -2.35. The molecule has 0 bridgehead atoms. The van der Waals surface area contributed by atoms with E-state index in [1.54, 1.807) is 0 Å². The van der Waals surface area contributed by atoms with Gasteiger partial charge in [0.1, 0.15) is 47.6 Å². The van der Waals surface area contributed by atoms with Crippen LogP contribution in [0.5, 0.6) is 0 Å². The highest BCUT2D eigenvalue weighted by atomic mass is 35.5. The van der Waals surface area contributed by atoms with E-state index in [1.165, 1.54) is 19.9 Å². The monoisotopic (exact) mass is 1080 g/mol. The van der Waals surface area contributed by atoms with Gasteiger partial charge in [-0.1, -0.05) is 23.6 Å². The van der Waals surface area contributed by atoms with Gasteiger partial charge < -0.3 is 15.1 Å². The molecule has 4 atom stereocenters. The first-order valence-electron chi connectivity index (χ1n) is 20.0. The Morgan fingerprint density at radius 2 is 1.70 bits per heavy atom. The van der Waals surface area contributed by atoms with E-state index < -0.39 is 154 Å². The number of rotatable bonds is 15. The first kappa shape index (κ1) is 52.8. The van der Waals surface area contributed by atoms with Gasteiger partial charge in [-0.25, -0.2) is 31.0 Å². The van der Waals surface area contributed by atoms with Crippen LogP contribution in [0.4, 0.5) is 43.9 Å². The van der Waals surface area contributed by atoms with Gasteiger partial charge in [0.25, 0.3) is 5.92 Å². The minimum atomic E-state index is -5.30. The van der Waals surface area contributed by atoms with E-state index in [-0.39, 0.29) is 43.9 Å². The lowest BCUT2D eigenvalue weighted by atomic mass is 9.93. The third-order valence-electron chi connectivity index (χ3n) is 11.3. The molecule has 16 nitrogen and oxygen atoms in total. The fraction of sp³-hybridized carbons (Fsp3) is 0.400. The van der Waals surface area contributed by atoms with Crippen LogP contribution in [-0.4, -0.2) is 85.6 Å². The Morgan fingerprint density at radius 1 is 1.06 bits per heavy atom. The molecule has 0 aliphatic heterocycles. The molecule has 30 heteroatoms. The van der Waals surface area contributed by atoms with Gasteiger partial charge in [0.15, 0.2) is 15.5 Å². The minimum Gasteiger partial charge on any atom is -0.346 e. The second kappa shape index (κ2) is 18.6. The molecule has 0 saturated heterocycles. The zero-order valence-electron chi connectivity index (χ0n) is 35.9. The van der Waals surface area contributed by atoms with Crippen molar-refractivity contribution in [2.45, 2.75) is 81.3 Å². The number of hydrogen-bond donors (Lipinski definition) is 4. The molecule has 1 saturated carbocycles.